The number of rotatable bonds is 29. The second-order valence-electron chi connectivity index (χ2n) is 11.8. The first-order chi connectivity index (χ1) is 19.2. The highest BCUT2D eigenvalue weighted by Gasteiger charge is 2.06. The van der Waals surface area contributed by atoms with E-state index in [1.54, 1.807) is 0 Å². The first-order valence-corrected chi connectivity index (χ1v) is 17.5. The molecule has 0 spiro atoms. The van der Waals surface area contributed by atoms with Crippen LogP contribution in [0.4, 0.5) is 0 Å². The number of ether oxygens (including phenoxy) is 2. The molecule has 0 radical (unpaired) electrons. The van der Waals surface area contributed by atoms with Crippen LogP contribution in [-0.2, 0) is 19.1 Å². The highest BCUT2D eigenvalue weighted by molar-refractivity contribution is 5.70. The molecule has 0 aromatic carbocycles. The Kier molecular flexibility index (Phi) is 32.2. The number of carbonyl (C=O) groups excluding carboxylic acids is 2. The van der Waals surface area contributed by atoms with Crippen molar-refractivity contribution < 1.29 is 19.1 Å². The molecule has 4 nitrogen and oxygen atoms in total. The monoisotopic (exact) mass is 553 g/mol. The lowest BCUT2D eigenvalue weighted by Crippen LogP contribution is -2.13. The van der Waals surface area contributed by atoms with Gasteiger partial charge in [-0.05, 0) is 12.8 Å². The van der Waals surface area contributed by atoms with Gasteiger partial charge < -0.3 is 9.47 Å². The van der Waals surface area contributed by atoms with Gasteiger partial charge in [0, 0.05) is 12.8 Å². The van der Waals surface area contributed by atoms with E-state index in [1.807, 2.05) is 0 Å². The predicted molar refractivity (Wildman–Crippen MR) is 167 cm³/mol. The summed E-state index contributed by atoms with van der Waals surface area (Å²) in [5.74, 6) is -0.335. The quantitative estimate of drug-likeness (QED) is 0.0684. The molecule has 0 unspecified atom stereocenters. The van der Waals surface area contributed by atoms with Gasteiger partial charge in [0.05, 0.1) is 0 Å². The van der Waals surface area contributed by atoms with E-state index >= 15 is 0 Å². The largest absolute Gasteiger partial charge is 0.462 e. The van der Waals surface area contributed by atoms with Crippen molar-refractivity contribution in [2.24, 2.45) is 0 Å². The number of carbonyl (C=O) groups is 2. The average molecular weight is 553 g/mol. The average Bonchev–Trinajstić information content (AvgIpc) is 3.82. The molecule has 4 heteroatoms. The maximum absolute atomic E-state index is 11.8. The Morgan fingerprint density at radius 1 is 0.385 bits per heavy atom. The van der Waals surface area contributed by atoms with Crippen LogP contribution in [0, 0.1) is 0 Å². The van der Waals surface area contributed by atoms with Crippen LogP contribution < -0.4 is 0 Å². The zero-order chi connectivity index (χ0) is 28.5. The van der Waals surface area contributed by atoms with E-state index in [4.69, 9.17) is 9.47 Å². The molecular formula is C35H68O4. The zero-order valence-electron chi connectivity index (χ0n) is 26.6. The van der Waals surface area contributed by atoms with Crippen LogP contribution in [0.15, 0.2) is 0 Å². The number of unbranched alkanes of at least 4 members (excludes halogenated alkanes) is 22. The molecule has 1 rings (SSSR count). The Morgan fingerprint density at radius 3 is 0.846 bits per heavy atom. The third-order valence-electron chi connectivity index (χ3n) is 7.43. The van der Waals surface area contributed by atoms with Gasteiger partial charge in [-0.1, -0.05) is 174 Å². The van der Waals surface area contributed by atoms with Gasteiger partial charge in [0.1, 0.15) is 13.2 Å². The van der Waals surface area contributed by atoms with Crippen molar-refractivity contribution in [3.63, 3.8) is 0 Å². The summed E-state index contributed by atoms with van der Waals surface area (Å²) in [7, 11) is 0. The van der Waals surface area contributed by atoms with E-state index in [-0.39, 0.29) is 25.2 Å². The van der Waals surface area contributed by atoms with E-state index in [0.29, 0.717) is 12.8 Å². The summed E-state index contributed by atoms with van der Waals surface area (Å²) in [5, 5.41) is 0. The van der Waals surface area contributed by atoms with Gasteiger partial charge in [0.15, 0.2) is 0 Å². The number of hydrogen-bond donors (Lipinski definition) is 0. The molecule has 232 valence electrons. The van der Waals surface area contributed by atoms with Crippen LogP contribution in [0.25, 0.3) is 0 Å². The van der Waals surface area contributed by atoms with Crippen LogP contribution >= 0.6 is 0 Å². The first kappa shape index (κ1) is 37.9. The summed E-state index contributed by atoms with van der Waals surface area (Å²) in [6, 6.07) is 0. The molecule has 1 saturated carbocycles. The lowest BCUT2D eigenvalue weighted by molar-refractivity contribution is -0.152. The fourth-order valence-electron chi connectivity index (χ4n) is 4.68. The van der Waals surface area contributed by atoms with E-state index in [1.165, 1.54) is 148 Å². The zero-order valence-corrected chi connectivity index (χ0v) is 26.6. The van der Waals surface area contributed by atoms with Crippen LogP contribution in [0.1, 0.15) is 200 Å². The van der Waals surface area contributed by atoms with Crippen LogP contribution in [0.2, 0.25) is 0 Å². The molecule has 1 aliphatic rings. The Morgan fingerprint density at radius 2 is 0.615 bits per heavy atom. The summed E-state index contributed by atoms with van der Waals surface area (Å²) in [4.78, 5) is 23.6. The minimum Gasteiger partial charge on any atom is -0.462 e. The molecule has 1 fully saturated rings. The molecule has 0 aromatic rings. The van der Waals surface area contributed by atoms with Gasteiger partial charge in [-0.2, -0.15) is 0 Å². The topological polar surface area (TPSA) is 52.6 Å². The second-order valence-corrected chi connectivity index (χ2v) is 11.8. The highest BCUT2D eigenvalue weighted by Crippen LogP contribution is 2.15. The maximum atomic E-state index is 11.8. The first-order valence-electron chi connectivity index (χ1n) is 17.5. The molecule has 0 atom stereocenters. The van der Waals surface area contributed by atoms with Crippen molar-refractivity contribution in [2.75, 3.05) is 13.2 Å². The summed E-state index contributed by atoms with van der Waals surface area (Å²) >= 11 is 0. The molecule has 0 aliphatic heterocycles. The molecule has 0 heterocycles. The molecule has 39 heavy (non-hydrogen) atoms. The minimum absolute atomic E-state index is 0.168. The summed E-state index contributed by atoms with van der Waals surface area (Å²) in [5.41, 5.74) is 0. The molecule has 0 aromatic heterocycles. The molecule has 0 bridgehead atoms. The minimum atomic E-state index is -0.168. The lowest BCUT2D eigenvalue weighted by atomic mass is 10.0. The second kappa shape index (κ2) is 33.1. The summed E-state index contributed by atoms with van der Waals surface area (Å²) in [6.45, 7) is 4.89. The summed E-state index contributed by atoms with van der Waals surface area (Å²) < 4.78 is 10.4. The number of esters is 2. The van der Waals surface area contributed by atoms with Crippen molar-refractivity contribution in [1.82, 2.24) is 0 Å². The molecule has 0 saturated heterocycles. The fraction of sp³-hybridized carbons (Fsp3) is 0.943. The van der Waals surface area contributed by atoms with Gasteiger partial charge in [-0.3, -0.25) is 9.59 Å². The smallest absolute Gasteiger partial charge is 0.305 e. The van der Waals surface area contributed by atoms with E-state index < -0.39 is 0 Å². The van der Waals surface area contributed by atoms with Crippen LogP contribution in [0.5, 0.6) is 0 Å². The molecular weight excluding hydrogens is 484 g/mol. The molecule has 0 amide bonds. The Bertz CT molecular complexity index is 458. The summed E-state index contributed by atoms with van der Waals surface area (Å²) in [6.07, 6.45) is 36.3. The van der Waals surface area contributed by atoms with Gasteiger partial charge in [0.2, 0.25) is 0 Å². The third kappa shape index (κ3) is 36.9. The maximum Gasteiger partial charge on any atom is 0.305 e. The van der Waals surface area contributed by atoms with Gasteiger partial charge in [-0.15, -0.1) is 0 Å². The SMILES string of the molecule is C1CC1.CCCCCCCCCCCCCCC(=O)OCCOC(=O)CCCCCCCCCCCCCC. The Balaban J connectivity index is 0.00000446. The Labute approximate surface area is 244 Å². The fourth-order valence-corrected chi connectivity index (χ4v) is 4.68. The normalized spacial score (nSPS) is 12.1. The van der Waals surface area contributed by atoms with Crippen molar-refractivity contribution in [2.45, 2.75) is 200 Å². The Hall–Kier alpha value is -1.06. The van der Waals surface area contributed by atoms with Crippen molar-refractivity contribution in [1.29, 1.82) is 0 Å². The molecule has 0 N–H and O–H groups in total. The third-order valence-corrected chi connectivity index (χ3v) is 7.43. The van der Waals surface area contributed by atoms with E-state index in [9.17, 15) is 9.59 Å². The van der Waals surface area contributed by atoms with Crippen LogP contribution in [0.3, 0.4) is 0 Å². The molecule has 1 aliphatic carbocycles. The van der Waals surface area contributed by atoms with E-state index in [2.05, 4.69) is 13.8 Å². The van der Waals surface area contributed by atoms with E-state index in [0.717, 1.165) is 25.7 Å². The van der Waals surface area contributed by atoms with Crippen molar-refractivity contribution in [3.05, 3.63) is 0 Å². The highest BCUT2D eigenvalue weighted by atomic mass is 16.6. The van der Waals surface area contributed by atoms with Crippen molar-refractivity contribution in [3.8, 4) is 0 Å². The van der Waals surface area contributed by atoms with Gasteiger partial charge in [-0.25, -0.2) is 0 Å². The van der Waals surface area contributed by atoms with Crippen molar-refractivity contribution >= 4 is 11.9 Å². The predicted octanol–water partition coefficient (Wildman–Crippen LogP) is 11.4. The lowest BCUT2D eigenvalue weighted by Gasteiger charge is -2.07. The number of hydrogen-bond acceptors (Lipinski definition) is 4. The standard InChI is InChI=1S/C32H62O4.C3H6/c1-3-5-7-9-11-13-15-17-19-21-23-25-27-31(33)35-29-30-36-32(34)28-26-24-22-20-18-16-14-12-10-8-6-4-2;1-2-3-1/h3-30H2,1-2H3;1-3H2. The van der Waals surface area contributed by atoms with Crippen LogP contribution in [-0.4, -0.2) is 25.2 Å². The van der Waals surface area contributed by atoms with Gasteiger partial charge >= 0.3 is 11.9 Å². The van der Waals surface area contributed by atoms with Gasteiger partial charge in [0.25, 0.3) is 0 Å².